The van der Waals surface area contributed by atoms with Crippen molar-refractivity contribution in [1.29, 1.82) is 5.26 Å². The molecule has 2 rings (SSSR count). The fraction of sp³-hybridized carbons (Fsp3) is 0.273. The van der Waals surface area contributed by atoms with E-state index >= 15 is 0 Å². The van der Waals surface area contributed by atoms with Crippen LogP contribution in [-0.2, 0) is 6.54 Å². The summed E-state index contributed by atoms with van der Waals surface area (Å²) in [5, 5.41) is 11.5. The number of hydrogen-bond donors (Lipinski definition) is 3. The first-order chi connectivity index (χ1) is 7.79. The number of fused-ring (bicyclic) bond motifs is 1. The average Bonchev–Trinajstić information content (AvgIpc) is 2.64. The van der Waals surface area contributed by atoms with Crippen LogP contribution in [0.15, 0.2) is 23.0 Å². The predicted octanol–water partition coefficient (Wildman–Crippen LogP) is 0.859. The van der Waals surface area contributed by atoms with E-state index in [0.717, 1.165) is 16.6 Å². The van der Waals surface area contributed by atoms with E-state index in [1.807, 2.05) is 18.2 Å². The van der Waals surface area contributed by atoms with Gasteiger partial charge in [-0.25, -0.2) is 4.79 Å². The van der Waals surface area contributed by atoms with Crippen molar-refractivity contribution in [3.8, 4) is 6.07 Å². The number of H-pyrrole nitrogens is 2. The van der Waals surface area contributed by atoms with Gasteiger partial charge in [0.15, 0.2) is 0 Å². The van der Waals surface area contributed by atoms with E-state index in [1.54, 1.807) is 0 Å². The van der Waals surface area contributed by atoms with Gasteiger partial charge in [0.1, 0.15) is 0 Å². The van der Waals surface area contributed by atoms with E-state index in [-0.39, 0.29) is 5.69 Å². The topological polar surface area (TPSA) is 84.5 Å². The van der Waals surface area contributed by atoms with Gasteiger partial charge in [-0.1, -0.05) is 6.07 Å². The summed E-state index contributed by atoms with van der Waals surface area (Å²) >= 11 is 0. The number of rotatable bonds is 4. The van der Waals surface area contributed by atoms with Crippen LogP contribution in [0.3, 0.4) is 0 Å². The molecule has 0 bridgehead atoms. The second-order valence-electron chi connectivity index (χ2n) is 3.54. The molecular formula is C11H12N4O. The lowest BCUT2D eigenvalue weighted by atomic mass is 10.2. The van der Waals surface area contributed by atoms with Crippen LogP contribution in [-0.4, -0.2) is 16.5 Å². The van der Waals surface area contributed by atoms with Crippen LogP contribution in [0.1, 0.15) is 12.0 Å². The number of nitrogens with zero attached hydrogens (tertiary/aromatic N) is 1. The normalized spacial score (nSPS) is 10.4. The van der Waals surface area contributed by atoms with Gasteiger partial charge in [-0.2, -0.15) is 5.26 Å². The molecule has 82 valence electrons. The van der Waals surface area contributed by atoms with Crippen LogP contribution < -0.4 is 11.0 Å². The van der Waals surface area contributed by atoms with E-state index in [4.69, 9.17) is 5.26 Å². The number of imidazole rings is 1. The number of nitriles is 1. The maximum Gasteiger partial charge on any atom is 0.323 e. The van der Waals surface area contributed by atoms with Crippen molar-refractivity contribution in [2.45, 2.75) is 13.0 Å². The minimum Gasteiger partial charge on any atom is -0.312 e. The van der Waals surface area contributed by atoms with Crippen LogP contribution >= 0.6 is 0 Å². The molecule has 1 aromatic heterocycles. The summed E-state index contributed by atoms with van der Waals surface area (Å²) in [5.41, 5.74) is 2.51. The summed E-state index contributed by atoms with van der Waals surface area (Å²) in [6, 6.07) is 7.81. The molecule has 0 unspecified atom stereocenters. The highest BCUT2D eigenvalue weighted by molar-refractivity contribution is 5.74. The van der Waals surface area contributed by atoms with Crippen molar-refractivity contribution in [2.75, 3.05) is 6.54 Å². The zero-order valence-corrected chi connectivity index (χ0v) is 8.71. The van der Waals surface area contributed by atoms with Gasteiger partial charge in [0.2, 0.25) is 0 Å². The van der Waals surface area contributed by atoms with Gasteiger partial charge in [-0.3, -0.25) is 0 Å². The Morgan fingerprint density at radius 3 is 2.94 bits per heavy atom. The fourth-order valence-corrected chi connectivity index (χ4v) is 1.57. The molecule has 0 atom stereocenters. The Labute approximate surface area is 92.1 Å². The Morgan fingerprint density at radius 1 is 1.31 bits per heavy atom. The first kappa shape index (κ1) is 10.5. The molecular weight excluding hydrogens is 204 g/mol. The molecule has 0 amide bonds. The molecule has 1 heterocycles. The Kier molecular flexibility index (Phi) is 3.03. The lowest BCUT2D eigenvalue weighted by Gasteiger charge is -2.02. The van der Waals surface area contributed by atoms with Crippen molar-refractivity contribution in [2.24, 2.45) is 0 Å². The van der Waals surface area contributed by atoms with Gasteiger partial charge >= 0.3 is 5.69 Å². The lowest BCUT2D eigenvalue weighted by Crippen LogP contribution is -2.13. The molecule has 0 fully saturated rings. The highest BCUT2D eigenvalue weighted by atomic mass is 16.1. The smallest absolute Gasteiger partial charge is 0.312 e. The Hall–Kier alpha value is -2.06. The molecule has 5 heteroatoms. The summed E-state index contributed by atoms with van der Waals surface area (Å²) in [6.07, 6.45) is 0.503. The predicted molar refractivity (Wildman–Crippen MR) is 60.9 cm³/mol. The molecule has 16 heavy (non-hydrogen) atoms. The van der Waals surface area contributed by atoms with Crippen molar-refractivity contribution < 1.29 is 0 Å². The molecule has 5 nitrogen and oxygen atoms in total. The molecule has 1 aromatic carbocycles. The van der Waals surface area contributed by atoms with E-state index in [2.05, 4.69) is 21.4 Å². The van der Waals surface area contributed by atoms with E-state index in [9.17, 15) is 4.79 Å². The van der Waals surface area contributed by atoms with E-state index in [1.165, 1.54) is 0 Å². The van der Waals surface area contributed by atoms with Crippen LogP contribution in [0.4, 0.5) is 0 Å². The standard InChI is InChI=1S/C11H12N4O/c12-4-1-5-13-7-8-2-3-9-10(6-8)15-11(16)14-9/h2-3,6,13H,1,5,7H2,(H2,14,15,16). The molecule has 0 radical (unpaired) electrons. The molecule has 2 aromatic rings. The van der Waals surface area contributed by atoms with Crippen LogP contribution in [0.25, 0.3) is 11.0 Å². The first-order valence-electron chi connectivity index (χ1n) is 5.08. The second kappa shape index (κ2) is 4.64. The van der Waals surface area contributed by atoms with Crippen LogP contribution in [0.5, 0.6) is 0 Å². The maximum atomic E-state index is 11.0. The molecule has 0 spiro atoms. The third-order valence-electron chi connectivity index (χ3n) is 2.32. The highest BCUT2D eigenvalue weighted by Gasteiger charge is 1.99. The van der Waals surface area contributed by atoms with Gasteiger partial charge < -0.3 is 15.3 Å². The first-order valence-corrected chi connectivity index (χ1v) is 5.08. The molecule has 0 saturated carbocycles. The third-order valence-corrected chi connectivity index (χ3v) is 2.32. The average molecular weight is 216 g/mol. The van der Waals surface area contributed by atoms with E-state index in [0.29, 0.717) is 19.5 Å². The SMILES string of the molecule is N#CCCNCc1ccc2[nH]c(=O)[nH]c2c1. The van der Waals surface area contributed by atoms with Gasteiger partial charge in [0.05, 0.1) is 17.1 Å². The minimum atomic E-state index is -0.190. The lowest BCUT2D eigenvalue weighted by molar-refractivity contribution is 0.699. The summed E-state index contributed by atoms with van der Waals surface area (Å²) in [5.74, 6) is 0. The maximum absolute atomic E-state index is 11.0. The Morgan fingerprint density at radius 2 is 2.12 bits per heavy atom. The summed E-state index contributed by atoms with van der Waals surface area (Å²) in [4.78, 5) is 16.4. The number of nitrogens with one attached hydrogen (secondary N) is 3. The Bertz CT molecular complexity index is 575. The monoisotopic (exact) mass is 216 g/mol. The largest absolute Gasteiger partial charge is 0.323 e. The third kappa shape index (κ3) is 2.30. The molecule has 0 saturated heterocycles. The van der Waals surface area contributed by atoms with E-state index < -0.39 is 0 Å². The quantitative estimate of drug-likeness (QED) is 0.663. The van der Waals surface area contributed by atoms with Crippen molar-refractivity contribution in [1.82, 2.24) is 15.3 Å². The summed E-state index contributed by atoms with van der Waals surface area (Å²) in [6.45, 7) is 1.38. The van der Waals surface area contributed by atoms with Crippen LogP contribution in [0, 0.1) is 11.3 Å². The highest BCUT2D eigenvalue weighted by Crippen LogP contribution is 2.09. The van der Waals surface area contributed by atoms with Crippen molar-refractivity contribution >= 4 is 11.0 Å². The summed E-state index contributed by atoms with van der Waals surface area (Å²) in [7, 11) is 0. The van der Waals surface area contributed by atoms with Gasteiger partial charge in [-0.05, 0) is 17.7 Å². The molecule has 3 N–H and O–H groups in total. The van der Waals surface area contributed by atoms with Crippen molar-refractivity contribution in [3.63, 3.8) is 0 Å². The minimum absolute atomic E-state index is 0.190. The Balaban J connectivity index is 2.08. The van der Waals surface area contributed by atoms with Gasteiger partial charge in [0, 0.05) is 19.5 Å². The second-order valence-corrected chi connectivity index (χ2v) is 3.54. The number of benzene rings is 1. The van der Waals surface area contributed by atoms with Gasteiger partial charge in [-0.15, -0.1) is 0 Å². The molecule has 0 aliphatic heterocycles. The zero-order valence-electron chi connectivity index (χ0n) is 8.71. The number of aromatic nitrogens is 2. The number of aromatic amines is 2. The van der Waals surface area contributed by atoms with Gasteiger partial charge in [0.25, 0.3) is 0 Å². The van der Waals surface area contributed by atoms with Crippen LogP contribution in [0.2, 0.25) is 0 Å². The summed E-state index contributed by atoms with van der Waals surface area (Å²) < 4.78 is 0. The zero-order chi connectivity index (χ0) is 11.4. The molecule has 0 aliphatic carbocycles. The number of hydrogen-bond acceptors (Lipinski definition) is 3. The fourth-order valence-electron chi connectivity index (χ4n) is 1.57. The van der Waals surface area contributed by atoms with Crippen molar-refractivity contribution in [3.05, 3.63) is 34.2 Å². The molecule has 0 aliphatic rings.